The maximum absolute atomic E-state index is 14.3. The van der Waals surface area contributed by atoms with Gasteiger partial charge in [-0.2, -0.15) is 0 Å². The number of rotatable bonds is 8. The lowest BCUT2D eigenvalue weighted by atomic mass is 10.0. The van der Waals surface area contributed by atoms with Crippen LogP contribution in [-0.4, -0.2) is 37.5 Å². The van der Waals surface area contributed by atoms with Crippen molar-refractivity contribution in [3.8, 4) is 11.5 Å². The minimum absolute atomic E-state index is 0.154. The Morgan fingerprint density at radius 1 is 1.15 bits per heavy atom. The zero-order chi connectivity index (χ0) is 20.0. The third-order valence-corrected chi connectivity index (χ3v) is 4.66. The lowest BCUT2D eigenvalue weighted by Crippen LogP contribution is -2.30. The summed E-state index contributed by atoms with van der Waals surface area (Å²) in [6, 6.07) is 8.61. The molecule has 0 heterocycles. The topological polar surface area (TPSA) is 84.9 Å². The van der Waals surface area contributed by atoms with Gasteiger partial charge in [-0.05, 0) is 30.0 Å². The average molecular weight is 393 g/mol. The summed E-state index contributed by atoms with van der Waals surface area (Å²) in [6.45, 7) is 0. The summed E-state index contributed by atoms with van der Waals surface area (Å²) in [5, 5.41) is 11.8. The Morgan fingerprint density at radius 3 is 2.26 bits per heavy atom. The quantitative estimate of drug-likeness (QED) is 0.668. The van der Waals surface area contributed by atoms with Crippen molar-refractivity contribution in [3.63, 3.8) is 0 Å². The fourth-order valence-corrected chi connectivity index (χ4v) is 2.94. The number of halogens is 1. The van der Waals surface area contributed by atoms with Crippen LogP contribution in [0.4, 0.5) is 4.39 Å². The van der Waals surface area contributed by atoms with E-state index >= 15 is 0 Å². The van der Waals surface area contributed by atoms with E-state index in [1.165, 1.54) is 20.3 Å². The van der Waals surface area contributed by atoms with Gasteiger partial charge in [0.2, 0.25) is 0 Å². The molecule has 2 rings (SSSR count). The maximum Gasteiger partial charge on any atom is 0.305 e. The molecule has 0 aromatic heterocycles. The van der Waals surface area contributed by atoms with Gasteiger partial charge in [0.15, 0.2) is 11.5 Å². The molecule has 0 spiro atoms. The molecule has 1 unspecified atom stereocenters. The number of aliphatic carboxylic acids is 1. The van der Waals surface area contributed by atoms with Gasteiger partial charge in [0.1, 0.15) is 5.82 Å². The van der Waals surface area contributed by atoms with Crippen molar-refractivity contribution in [2.75, 3.05) is 20.5 Å². The van der Waals surface area contributed by atoms with E-state index in [2.05, 4.69) is 5.32 Å². The lowest BCUT2D eigenvalue weighted by molar-refractivity contribution is -0.137. The Balaban J connectivity index is 2.31. The number of amides is 1. The minimum atomic E-state index is -1.08. The average Bonchev–Trinajstić information content (AvgIpc) is 2.66. The molecule has 0 radical (unpaired) electrons. The molecule has 1 atom stereocenters. The minimum Gasteiger partial charge on any atom is -0.493 e. The molecule has 0 aliphatic rings. The Kier molecular flexibility index (Phi) is 7.06. The highest BCUT2D eigenvalue weighted by atomic mass is 32.2. The Morgan fingerprint density at radius 2 is 1.74 bits per heavy atom. The summed E-state index contributed by atoms with van der Waals surface area (Å²) in [5.74, 6) is -2.27. The van der Waals surface area contributed by atoms with Crippen LogP contribution >= 0.6 is 11.8 Å². The van der Waals surface area contributed by atoms with Crippen LogP contribution in [0.2, 0.25) is 0 Å². The zero-order valence-corrected chi connectivity index (χ0v) is 15.9. The highest BCUT2D eigenvalue weighted by molar-refractivity contribution is 7.98. The summed E-state index contributed by atoms with van der Waals surface area (Å²) < 4.78 is 24.4. The molecule has 6 nitrogen and oxygen atoms in total. The van der Waals surface area contributed by atoms with Crippen molar-refractivity contribution in [2.45, 2.75) is 17.4 Å². The number of ether oxygens (including phenoxy) is 2. The number of carboxylic acid groups (broad SMARTS) is 1. The molecule has 144 valence electrons. The Bertz CT molecular complexity index is 826. The second-order valence-corrected chi connectivity index (χ2v) is 6.46. The van der Waals surface area contributed by atoms with E-state index in [9.17, 15) is 14.0 Å². The van der Waals surface area contributed by atoms with E-state index in [4.69, 9.17) is 14.6 Å². The van der Waals surface area contributed by atoms with Gasteiger partial charge in [0, 0.05) is 11.0 Å². The first kappa shape index (κ1) is 20.6. The van der Waals surface area contributed by atoms with E-state index in [0.29, 0.717) is 5.56 Å². The van der Waals surface area contributed by atoms with Crippen molar-refractivity contribution in [3.05, 3.63) is 53.3 Å². The molecule has 0 saturated heterocycles. The smallest absolute Gasteiger partial charge is 0.305 e. The van der Waals surface area contributed by atoms with Crippen molar-refractivity contribution in [2.24, 2.45) is 0 Å². The SMILES string of the molecule is COc1cc(F)c(C(=O)NC(CC(=O)O)c2ccc(SC)cc2)cc1OC. The molecule has 0 aliphatic heterocycles. The molecular weight excluding hydrogens is 373 g/mol. The van der Waals surface area contributed by atoms with E-state index in [1.54, 1.807) is 23.9 Å². The van der Waals surface area contributed by atoms with Gasteiger partial charge in [-0.1, -0.05) is 12.1 Å². The van der Waals surface area contributed by atoms with Crippen LogP contribution in [0.3, 0.4) is 0 Å². The number of carboxylic acids is 1. The van der Waals surface area contributed by atoms with E-state index < -0.39 is 23.7 Å². The number of thioether (sulfide) groups is 1. The van der Waals surface area contributed by atoms with Crippen molar-refractivity contribution >= 4 is 23.6 Å². The van der Waals surface area contributed by atoms with Crippen LogP contribution in [0.15, 0.2) is 41.3 Å². The van der Waals surface area contributed by atoms with Crippen molar-refractivity contribution < 1.29 is 28.6 Å². The molecule has 8 heteroatoms. The predicted octanol–water partition coefficient (Wildman–Crippen LogP) is 3.51. The van der Waals surface area contributed by atoms with Crippen LogP contribution in [0.1, 0.15) is 28.4 Å². The normalized spacial score (nSPS) is 11.6. The van der Waals surface area contributed by atoms with E-state index in [0.717, 1.165) is 11.0 Å². The highest BCUT2D eigenvalue weighted by Gasteiger charge is 2.22. The van der Waals surface area contributed by atoms with Gasteiger partial charge in [0.25, 0.3) is 5.91 Å². The Hall–Kier alpha value is -2.74. The molecule has 1 amide bonds. The van der Waals surface area contributed by atoms with Gasteiger partial charge < -0.3 is 19.9 Å². The molecule has 2 N–H and O–H groups in total. The summed E-state index contributed by atoms with van der Waals surface area (Å²) in [7, 11) is 2.73. The first-order chi connectivity index (χ1) is 12.9. The number of hydrogen-bond acceptors (Lipinski definition) is 5. The molecule has 0 bridgehead atoms. The van der Waals surface area contributed by atoms with Crippen molar-refractivity contribution in [1.82, 2.24) is 5.32 Å². The standard InChI is InChI=1S/C19H20FNO5S/c1-25-16-8-13(14(20)9-17(16)26-2)19(24)21-15(10-18(22)23)11-4-6-12(27-3)7-5-11/h4-9,15H,10H2,1-3H3,(H,21,24)(H,22,23). The van der Waals surface area contributed by atoms with Crippen LogP contribution in [0, 0.1) is 5.82 Å². The summed E-state index contributed by atoms with van der Waals surface area (Å²) >= 11 is 1.54. The molecule has 0 aliphatic carbocycles. The lowest BCUT2D eigenvalue weighted by Gasteiger charge is -2.19. The largest absolute Gasteiger partial charge is 0.493 e. The zero-order valence-electron chi connectivity index (χ0n) is 15.1. The number of methoxy groups -OCH3 is 2. The molecule has 0 saturated carbocycles. The molecule has 2 aromatic carbocycles. The predicted molar refractivity (Wildman–Crippen MR) is 100 cm³/mol. The summed E-state index contributed by atoms with van der Waals surface area (Å²) in [6.07, 6.45) is 1.59. The first-order valence-electron chi connectivity index (χ1n) is 7.97. The van der Waals surface area contributed by atoms with Crippen LogP contribution in [0.5, 0.6) is 11.5 Å². The molecule has 2 aromatic rings. The highest BCUT2D eigenvalue weighted by Crippen LogP contribution is 2.30. The van der Waals surface area contributed by atoms with Gasteiger partial charge in [0.05, 0.1) is 32.2 Å². The molecule has 0 fully saturated rings. The van der Waals surface area contributed by atoms with Crippen LogP contribution in [-0.2, 0) is 4.79 Å². The monoisotopic (exact) mass is 393 g/mol. The number of benzene rings is 2. The van der Waals surface area contributed by atoms with Gasteiger partial charge >= 0.3 is 5.97 Å². The third-order valence-electron chi connectivity index (χ3n) is 3.92. The third kappa shape index (κ3) is 5.13. The number of carbonyl (C=O) groups is 2. The first-order valence-corrected chi connectivity index (χ1v) is 9.20. The Labute approximate surface area is 160 Å². The van der Waals surface area contributed by atoms with Crippen LogP contribution in [0.25, 0.3) is 0 Å². The van der Waals surface area contributed by atoms with E-state index in [-0.39, 0.29) is 23.5 Å². The summed E-state index contributed by atoms with van der Waals surface area (Å²) in [5.41, 5.74) is 0.355. The molecule has 27 heavy (non-hydrogen) atoms. The van der Waals surface area contributed by atoms with E-state index in [1.807, 2.05) is 18.4 Å². The summed E-state index contributed by atoms with van der Waals surface area (Å²) in [4.78, 5) is 24.8. The van der Waals surface area contributed by atoms with Gasteiger partial charge in [-0.3, -0.25) is 9.59 Å². The van der Waals surface area contributed by atoms with Crippen LogP contribution < -0.4 is 14.8 Å². The number of nitrogens with one attached hydrogen (secondary N) is 1. The van der Waals surface area contributed by atoms with Gasteiger partial charge in [-0.15, -0.1) is 11.8 Å². The second-order valence-electron chi connectivity index (χ2n) is 5.58. The number of hydrogen-bond donors (Lipinski definition) is 2. The van der Waals surface area contributed by atoms with Crippen molar-refractivity contribution in [1.29, 1.82) is 0 Å². The molecular formula is C19H20FNO5S. The van der Waals surface area contributed by atoms with Gasteiger partial charge in [-0.25, -0.2) is 4.39 Å². The fourth-order valence-electron chi connectivity index (χ4n) is 2.53. The second kappa shape index (κ2) is 9.27. The maximum atomic E-state index is 14.3. The number of carbonyl (C=O) groups excluding carboxylic acids is 1. The fraction of sp³-hybridized carbons (Fsp3) is 0.263.